The molecule has 1 aromatic carbocycles. The Bertz CT molecular complexity index is 437. The third-order valence-electron chi connectivity index (χ3n) is 3.84. The lowest BCUT2D eigenvalue weighted by Gasteiger charge is -2.41. The lowest BCUT2D eigenvalue weighted by atomic mass is 9.77. The summed E-state index contributed by atoms with van der Waals surface area (Å²) in [4.78, 5) is 0. The van der Waals surface area contributed by atoms with Crippen LogP contribution < -0.4 is 16.8 Å². The maximum atomic E-state index is 13.2. The van der Waals surface area contributed by atoms with Crippen molar-refractivity contribution >= 4 is 17.3 Å². The van der Waals surface area contributed by atoms with Crippen molar-refractivity contribution in [2.24, 2.45) is 11.5 Å². The number of benzene rings is 1. The summed E-state index contributed by atoms with van der Waals surface area (Å²) >= 11 is 5.82. The van der Waals surface area contributed by atoms with Crippen molar-refractivity contribution in [2.75, 3.05) is 11.9 Å². The fourth-order valence-electron chi connectivity index (χ4n) is 2.97. The van der Waals surface area contributed by atoms with E-state index in [1.165, 1.54) is 6.07 Å². The Hall–Kier alpha value is -0.840. The summed E-state index contributed by atoms with van der Waals surface area (Å²) in [5.41, 5.74) is 12.6. The predicted molar refractivity (Wildman–Crippen MR) is 77.9 cm³/mol. The van der Waals surface area contributed by atoms with Crippen LogP contribution >= 0.6 is 11.6 Å². The van der Waals surface area contributed by atoms with Gasteiger partial charge < -0.3 is 16.8 Å². The second kappa shape index (κ2) is 6.07. The molecule has 2 unspecified atom stereocenters. The summed E-state index contributed by atoms with van der Waals surface area (Å²) in [7, 11) is 0. The summed E-state index contributed by atoms with van der Waals surface area (Å²) in [6.07, 6.45) is 4.92. The zero-order valence-electron chi connectivity index (χ0n) is 11.0. The van der Waals surface area contributed by atoms with Gasteiger partial charge in [0.25, 0.3) is 0 Å². The van der Waals surface area contributed by atoms with Crippen LogP contribution in [0, 0.1) is 5.82 Å². The van der Waals surface area contributed by atoms with Gasteiger partial charge in [0.1, 0.15) is 5.82 Å². The molecule has 1 aliphatic carbocycles. The molecule has 0 radical (unpaired) electrons. The van der Waals surface area contributed by atoms with Crippen molar-refractivity contribution in [3.63, 3.8) is 0 Å². The van der Waals surface area contributed by atoms with Crippen molar-refractivity contribution in [3.8, 4) is 0 Å². The molecule has 5 heteroatoms. The second-order valence-corrected chi connectivity index (χ2v) is 5.84. The maximum Gasteiger partial charge on any atom is 0.141 e. The summed E-state index contributed by atoms with van der Waals surface area (Å²) in [6, 6.07) is 4.90. The Labute approximate surface area is 118 Å². The van der Waals surface area contributed by atoms with Crippen LogP contribution in [0.3, 0.4) is 0 Å². The summed E-state index contributed by atoms with van der Waals surface area (Å²) in [5.74, 6) is -0.402. The van der Waals surface area contributed by atoms with E-state index in [4.69, 9.17) is 23.1 Å². The highest BCUT2D eigenvalue weighted by molar-refractivity contribution is 6.31. The molecule has 1 aromatic rings. The second-order valence-electron chi connectivity index (χ2n) is 5.43. The molecule has 0 aliphatic heterocycles. The fourth-order valence-corrected chi connectivity index (χ4v) is 3.15. The lowest BCUT2D eigenvalue weighted by molar-refractivity contribution is 0.280. The molecule has 1 saturated carbocycles. The molecule has 0 heterocycles. The molecule has 2 atom stereocenters. The first-order valence-corrected chi connectivity index (χ1v) is 7.11. The first-order valence-electron chi connectivity index (χ1n) is 6.73. The van der Waals surface area contributed by atoms with Crippen LogP contribution in [0.5, 0.6) is 0 Å². The molecular weight excluding hydrogens is 265 g/mol. The van der Waals surface area contributed by atoms with E-state index in [2.05, 4.69) is 5.32 Å². The summed E-state index contributed by atoms with van der Waals surface area (Å²) in [6.45, 7) is 0.606. The molecule has 0 aromatic heterocycles. The monoisotopic (exact) mass is 285 g/mol. The van der Waals surface area contributed by atoms with Gasteiger partial charge in [-0.2, -0.15) is 0 Å². The Morgan fingerprint density at radius 1 is 1.47 bits per heavy atom. The van der Waals surface area contributed by atoms with Crippen molar-refractivity contribution < 1.29 is 4.39 Å². The minimum absolute atomic E-state index is 0.0897. The molecule has 0 saturated heterocycles. The van der Waals surface area contributed by atoms with Gasteiger partial charge in [-0.15, -0.1) is 0 Å². The van der Waals surface area contributed by atoms with E-state index in [9.17, 15) is 4.39 Å². The first kappa shape index (κ1) is 14.6. The van der Waals surface area contributed by atoms with Gasteiger partial charge >= 0.3 is 0 Å². The summed E-state index contributed by atoms with van der Waals surface area (Å²) in [5, 5.41) is 3.62. The zero-order chi connectivity index (χ0) is 13.9. The lowest BCUT2D eigenvalue weighted by Crippen LogP contribution is -2.48. The van der Waals surface area contributed by atoms with E-state index in [1.807, 2.05) is 0 Å². The Balaban J connectivity index is 2.17. The van der Waals surface area contributed by atoms with E-state index in [0.717, 1.165) is 37.8 Å². The van der Waals surface area contributed by atoms with E-state index in [1.54, 1.807) is 12.1 Å². The van der Waals surface area contributed by atoms with Gasteiger partial charge in [0.15, 0.2) is 0 Å². The van der Waals surface area contributed by atoms with Crippen LogP contribution in [0.2, 0.25) is 5.02 Å². The fraction of sp³-hybridized carbons (Fsp3) is 0.571. The molecule has 5 N–H and O–H groups in total. The highest BCUT2D eigenvalue weighted by Gasteiger charge is 2.34. The van der Waals surface area contributed by atoms with Crippen LogP contribution in [0.4, 0.5) is 10.1 Å². The molecule has 0 spiro atoms. The van der Waals surface area contributed by atoms with Crippen LogP contribution in [-0.4, -0.2) is 18.1 Å². The highest BCUT2D eigenvalue weighted by Crippen LogP contribution is 2.34. The average Bonchev–Trinajstić information content (AvgIpc) is 2.34. The van der Waals surface area contributed by atoms with Gasteiger partial charge in [-0.25, -0.2) is 4.39 Å². The molecule has 0 bridgehead atoms. The molecule has 3 nitrogen and oxygen atoms in total. The Morgan fingerprint density at radius 2 is 2.26 bits per heavy atom. The topological polar surface area (TPSA) is 64.1 Å². The van der Waals surface area contributed by atoms with E-state index >= 15 is 0 Å². The highest BCUT2D eigenvalue weighted by atomic mass is 35.5. The molecule has 1 fully saturated rings. The van der Waals surface area contributed by atoms with Gasteiger partial charge in [0, 0.05) is 17.3 Å². The van der Waals surface area contributed by atoms with E-state index in [-0.39, 0.29) is 16.6 Å². The van der Waals surface area contributed by atoms with Crippen molar-refractivity contribution in [1.29, 1.82) is 0 Å². The number of anilines is 1. The van der Waals surface area contributed by atoms with Gasteiger partial charge in [-0.05, 0) is 56.8 Å². The smallest absolute Gasteiger partial charge is 0.141 e. The molecule has 19 heavy (non-hydrogen) atoms. The standard InChI is InChI=1S/C14H21ClFN3/c15-12-8-11(3-4-13(12)16)19-14(6-7-17)5-1-2-10(18)9-14/h3-4,8,10,19H,1-2,5-7,9,17-18H2. The molecule has 2 rings (SSSR count). The number of rotatable bonds is 4. The average molecular weight is 286 g/mol. The number of hydrogen-bond donors (Lipinski definition) is 3. The van der Waals surface area contributed by atoms with Crippen molar-refractivity contribution in [3.05, 3.63) is 29.0 Å². The molecular formula is C14H21ClFN3. The minimum Gasteiger partial charge on any atom is -0.379 e. The van der Waals surface area contributed by atoms with Gasteiger partial charge in [0.2, 0.25) is 0 Å². The third kappa shape index (κ3) is 3.59. The maximum absolute atomic E-state index is 13.2. The normalized spacial score (nSPS) is 27.3. The van der Waals surface area contributed by atoms with Crippen LogP contribution in [0.15, 0.2) is 18.2 Å². The molecule has 0 amide bonds. The quantitative estimate of drug-likeness (QED) is 0.797. The van der Waals surface area contributed by atoms with E-state index < -0.39 is 5.82 Å². The van der Waals surface area contributed by atoms with Crippen LogP contribution in [0.1, 0.15) is 32.1 Å². The van der Waals surface area contributed by atoms with Crippen molar-refractivity contribution in [2.45, 2.75) is 43.7 Å². The number of nitrogens with two attached hydrogens (primary N) is 2. The third-order valence-corrected chi connectivity index (χ3v) is 4.12. The van der Waals surface area contributed by atoms with Crippen molar-refractivity contribution in [1.82, 2.24) is 0 Å². The van der Waals surface area contributed by atoms with Gasteiger partial charge in [0.05, 0.1) is 5.02 Å². The van der Waals surface area contributed by atoms with Gasteiger partial charge in [-0.1, -0.05) is 11.6 Å². The number of halogens is 2. The van der Waals surface area contributed by atoms with Crippen LogP contribution in [-0.2, 0) is 0 Å². The number of hydrogen-bond acceptors (Lipinski definition) is 3. The largest absolute Gasteiger partial charge is 0.379 e. The van der Waals surface area contributed by atoms with Gasteiger partial charge in [-0.3, -0.25) is 0 Å². The number of nitrogens with one attached hydrogen (secondary N) is 1. The predicted octanol–water partition coefficient (Wildman–Crippen LogP) is 2.88. The Morgan fingerprint density at radius 3 is 2.89 bits per heavy atom. The Kier molecular flexibility index (Phi) is 4.66. The zero-order valence-corrected chi connectivity index (χ0v) is 11.7. The SMILES string of the molecule is NCCC1(Nc2ccc(F)c(Cl)c2)CCCC(N)C1. The van der Waals surface area contributed by atoms with Crippen LogP contribution in [0.25, 0.3) is 0 Å². The molecule has 1 aliphatic rings. The molecule has 106 valence electrons. The summed E-state index contributed by atoms with van der Waals surface area (Å²) < 4.78 is 13.2. The first-order chi connectivity index (χ1) is 9.04. The van der Waals surface area contributed by atoms with E-state index in [0.29, 0.717) is 6.54 Å². The minimum atomic E-state index is -0.402.